The summed E-state index contributed by atoms with van der Waals surface area (Å²) in [4.78, 5) is 18.5. The molecule has 0 aliphatic carbocycles. The number of anilines is 2. The maximum absolute atomic E-state index is 5.41. The SMILES string of the molecule is COc1ccc2nc(-c3cccnc3)nc(Nc3nc(-c4ccc(C)cc4)cs3)c2c1. The Morgan fingerprint density at radius 2 is 1.81 bits per heavy atom. The number of methoxy groups -OCH3 is 1. The third-order valence-corrected chi connectivity index (χ3v) is 5.66. The average molecular weight is 426 g/mol. The summed E-state index contributed by atoms with van der Waals surface area (Å²) >= 11 is 1.54. The molecule has 7 heteroatoms. The van der Waals surface area contributed by atoms with Crippen LogP contribution in [0.1, 0.15) is 5.56 Å². The molecule has 6 nitrogen and oxygen atoms in total. The normalized spacial score (nSPS) is 10.9. The van der Waals surface area contributed by atoms with E-state index < -0.39 is 0 Å². The van der Waals surface area contributed by atoms with Gasteiger partial charge in [-0.3, -0.25) is 4.98 Å². The molecule has 0 spiro atoms. The lowest BCUT2D eigenvalue weighted by Crippen LogP contribution is -2.00. The van der Waals surface area contributed by atoms with Crippen LogP contribution in [-0.2, 0) is 0 Å². The van der Waals surface area contributed by atoms with Crippen molar-refractivity contribution in [2.24, 2.45) is 0 Å². The molecule has 0 fully saturated rings. The Bertz CT molecular complexity index is 1350. The van der Waals surface area contributed by atoms with E-state index >= 15 is 0 Å². The van der Waals surface area contributed by atoms with Gasteiger partial charge in [-0.05, 0) is 37.3 Å². The molecule has 5 rings (SSSR count). The van der Waals surface area contributed by atoms with Gasteiger partial charge in [-0.15, -0.1) is 11.3 Å². The Kier molecular flexibility index (Phi) is 5.01. The molecule has 0 saturated heterocycles. The van der Waals surface area contributed by atoms with Gasteiger partial charge in [-0.1, -0.05) is 29.8 Å². The summed E-state index contributed by atoms with van der Waals surface area (Å²) in [6, 6.07) is 17.9. The predicted molar refractivity (Wildman–Crippen MR) is 125 cm³/mol. The topological polar surface area (TPSA) is 72.8 Å². The van der Waals surface area contributed by atoms with Crippen LogP contribution >= 0.6 is 11.3 Å². The van der Waals surface area contributed by atoms with Crippen molar-refractivity contribution < 1.29 is 4.74 Å². The summed E-state index contributed by atoms with van der Waals surface area (Å²) < 4.78 is 5.41. The van der Waals surface area contributed by atoms with Gasteiger partial charge in [-0.2, -0.15) is 0 Å². The molecule has 2 aromatic carbocycles. The monoisotopic (exact) mass is 425 g/mol. The number of hydrogen-bond acceptors (Lipinski definition) is 7. The van der Waals surface area contributed by atoms with Crippen molar-refractivity contribution in [3.05, 3.63) is 77.9 Å². The third kappa shape index (κ3) is 3.95. The van der Waals surface area contributed by atoms with Crippen molar-refractivity contribution in [1.29, 1.82) is 0 Å². The van der Waals surface area contributed by atoms with E-state index in [1.54, 1.807) is 19.5 Å². The minimum atomic E-state index is 0.601. The number of rotatable bonds is 5. The first kappa shape index (κ1) is 19.1. The van der Waals surface area contributed by atoms with Crippen LogP contribution in [0.4, 0.5) is 10.9 Å². The molecule has 152 valence electrons. The van der Waals surface area contributed by atoms with Crippen molar-refractivity contribution in [2.45, 2.75) is 6.92 Å². The highest BCUT2D eigenvalue weighted by atomic mass is 32.1. The second-order valence-electron chi connectivity index (χ2n) is 7.05. The molecule has 3 aromatic heterocycles. The molecule has 0 unspecified atom stereocenters. The quantitative estimate of drug-likeness (QED) is 0.379. The highest BCUT2D eigenvalue weighted by molar-refractivity contribution is 7.14. The molecular weight excluding hydrogens is 406 g/mol. The number of benzene rings is 2. The lowest BCUT2D eigenvalue weighted by Gasteiger charge is -2.10. The molecule has 0 radical (unpaired) electrons. The van der Waals surface area contributed by atoms with Gasteiger partial charge in [0.05, 0.1) is 18.3 Å². The zero-order valence-corrected chi connectivity index (χ0v) is 17.9. The van der Waals surface area contributed by atoms with Gasteiger partial charge < -0.3 is 10.1 Å². The number of hydrogen-bond donors (Lipinski definition) is 1. The fourth-order valence-electron chi connectivity index (χ4n) is 3.24. The van der Waals surface area contributed by atoms with Gasteiger partial charge in [-0.25, -0.2) is 15.0 Å². The highest BCUT2D eigenvalue weighted by Crippen LogP contribution is 2.32. The van der Waals surface area contributed by atoms with Crippen LogP contribution in [0, 0.1) is 6.92 Å². The molecule has 5 aromatic rings. The molecular formula is C24H19N5OS. The Labute approximate surface area is 183 Å². The first-order valence-corrected chi connectivity index (χ1v) is 10.6. The zero-order valence-electron chi connectivity index (χ0n) is 17.0. The molecule has 1 N–H and O–H groups in total. The molecule has 0 bridgehead atoms. The van der Waals surface area contributed by atoms with E-state index in [1.807, 2.05) is 35.7 Å². The van der Waals surface area contributed by atoms with Gasteiger partial charge in [0.1, 0.15) is 11.6 Å². The maximum atomic E-state index is 5.41. The number of pyridine rings is 1. The summed E-state index contributed by atoms with van der Waals surface area (Å²) in [5.74, 6) is 2.02. The minimum absolute atomic E-state index is 0.601. The Morgan fingerprint density at radius 3 is 2.58 bits per heavy atom. The fraction of sp³-hybridized carbons (Fsp3) is 0.0833. The molecule has 31 heavy (non-hydrogen) atoms. The number of fused-ring (bicyclic) bond motifs is 1. The number of ether oxygens (including phenoxy) is 1. The van der Waals surface area contributed by atoms with Crippen molar-refractivity contribution in [2.75, 3.05) is 12.4 Å². The van der Waals surface area contributed by atoms with E-state index in [1.165, 1.54) is 16.9 Å². The smallest absolute Gasteiger partial charge is 0.188 e. The van der Waals surface area contributed by atoms with Gasteiger partial charge in [0.15, 0.2) is 11.0 Å². The molecule has 0 amide bonds. The van der Waals surface area contributed by atoms with Gasteiger partial charge in [0, 0.05) is 34.3 Å². The molecule has 0 aliphatic heterocycles. The number of aromatic nitrogens is 4. The fourth-order valence-corrected chi connectivity index (χ4v) is 3.96. The first-order valence-electron chi connectivity index (χ1n) is 9.75. The van der Waals surface area contributed by atoms with Crippen LogP contribution in [0.25, 0.3) is 33.5 Å². The average Bonchev–Trinajstić information content (AvgIpc) is 3.28. The molecule has 0 saturated carbocycles. The Hall–Kier alpha value is -3.84. The van der Waals surface area contributed by atoms with Gasteiger partial charge >= 0.3 is 0 Å². The largest absolute Gasteiger partial charge is 0.497 e. The van der Waals surface area contributed by atoms with Crippen molar-refractivity contribution in [3.63, 3.8) is 0 Å². The first-order chi connectivity index (χ1) is 15.2. The second kappa shape index (κ2) is 8.12. The van der Waals surface area contributed by atoms with Crippen LogP contribution < -0.4 is 10.1 Å². The molecule has 3 heterocycles. The van der Waals surface area contributed by atoms with Gasteiger partial charge in [0.25, 0.3) is 0 Å². The summed E-state index contributed by atoms with van der Waals surface area (Å²) in [7, 11) is 1.65. The van der Waals surface area contributed by atoms with Crippen molar-refractivity contribution in [3.8, 4) is 28.4 Å². The summed E-state index contributed by atoms with van der Waals surface area (Å²) in [6.07, 6.45) is 3.49. The van der Waals surface area contributed by atoms with Crippen molar-refractivity contribution >= 4 is 33.2 Å². The lowest BCUT2D eigenvalue weighted by molar-refractivity contribution is 0.415. The van der Waals surface area contributed by atoms with Crippen LogP contribution in [0.15, 0.2) is 72.4 Å². The summed E-state index contributed by atoms with van der Waals surface area (Å²) in [5.41, 5.74) is 4.90. The Morgan fingerprint density at radius 1 is 0.935 bits per heavy atom. The van der Waals surface area contributed by atoms with E-state index in [2.05, 4.69) is 41.5 Å². The second-order valence-corrected chi connectivity index (χ2v) is 7.91. The van der Waals surface area contributed by atoms with E-state index in [0.717, 1.165) is 38.6 Å². The van der Waals surface area contributed by atoms with E-state index in [-0.39, 0.29) is 0 Å². The molecule has 0 atom stereocenters. The van der Waals surface area contributed by atoms with E-state index in [9.17, 15) is 0 Å². The summed E-state index contributed by atoms with van der Waals surface area (Å²) in [5, 5.41) is 7.05. The van der Waals surface area contributed by atoms with Crippen LogP contribution in [0.2, 0.25) is 0 Å². The van der Waals surface area contributed by atoms with E-state index in [0.29, 0.717) is 11.6 Å². The lowest BCUT2D eigenvalue weighted by atomic mass is 10.1. The van der Waals surface area contributed by atoms with E-state index in [4.69, 9.17) is 19.7 Å². The number of nitrogens with one attached hydrogen (secondary N) is 1. The minimum Gasteiger partial charge on any atom is -0.497 e. The summed E-state index contributed by atoms with van der Waals surface area (Å²) in [6.45, 7) is 2.08. The predicted octanol–water partition coefficient (Wildman–Crippen LogP) is 5.88. The maximum Gasteiger partial charge on any atom is 0.188 e. The number of nitrogens with zero attached hydrogens (tertiary/aromatic N) is 4. The van der Waals surface area contributed by atoms with Crippen molar-refractivity contribution in [1.82, 2.24) is 19.9 Å². The van der Waals surface area contributed by atoms with Crippen LogP contribution in [0.5, 0.6) is 5.75 Å². The highest BCUT2D eigenvalue weighted by Gasteiger charge is 2.13. The Balaban J connectivity index is 1.57. The number of aryl methyl sites for hydroxylation is 1. The number of thiazole rings is 1. The third-order valence-electron chi connectivity index (χ3n) is 4.90. The standard InChI is InChI=1S/C24H19N5OS/c1-15-5-7-16(8-6-15)21-14-31-24(27-21)29-23-19-12-18(30-2)9-10-20(19)26-22(28-23)17-4-3-11-25-13-17/h3-14H,1-2H3,(H,26,27,28,29). The molecule has 0 aliphatic rings. The van der Waals surface area contributed by atoms with Gasteiger partial charge in [0.2, 0.25) is 0 Å². The van der Waals surface area contributed by atoms with Crippen LogP contribution in [0.3, 0.4) is 0 Å². The zero-order chi connectivity index (χ0) is 21.2. The van der Waals surface area contributed by atoms with Crippen LogP contribution in [-0.4, -0.2) is 27.0 Å².